The summed E-state index contributed by atoms with van der Waals surface area (Å²) in [6, 6.07) is 14.7. The summed E-state index contributed by atoms with van der Waals surface area (Å²) in [5.41, 5.74) is 3.60. The molecule has 3 aromatic rings. The second-order valence-corrected chi connectivity index (χ2v) is 9.82. The maximum Gasteiger partial charge on any atom is 0.257 e. The number of carbonyl (C=O) groups excluding carboxylic acids is 1. The molecular weight excluding hydrogens is 398 g/mol. The lowest BCUT2D eigenvalue weighted by atomic mass is 10.1. The smallest absolute Gasteiger partial charge is 0.257 e. The Morgan fingerprint density at radius 3 is 2.48 bits per heavy atom. The summed E-state index contributed by atoms with van der Waals surface area (Å²) >= 11 is 3.77. The van der Waals surface area contributed by atoms with Crippen LogP contribution in [0.1, 0.15) is 26.4 Å². The molecule has 0 aliphatic carbocycles. The first-order chi connectivity index (χ1) is 14.3. The van der Waals surface area contributed by atoms with Crippen molar-refractivity contribution in [2.24, 2.45) is 0 Å². The maximum atomic E-state index is 13.6. The highest BCUT2D eigenvalue weighted by atomic mass is 32.2. The fourth-order valence-corrected chi connectivity index (χ4v) is 6.64. The first-order valence-electron chi connectivity index (χ1n) is 10.2. The molecule has 6 heteroatoms. The molecule has 0 unspecified atom stereocenters. The van der Waals surface area contributed by atoms with E-state index in [1.807, 2.05) is 23.9 Å². The van der Waals surface area contributed by atoms with Crippen LogP contribution in [0.3, 0.4) is 0 Å². The minimum Gasteiger partial charge on any atom is -0.336 e. The summed E-state index contributed by atoms with van der Waals surface area (Å²) < 4.78 is 2.12. The summed E-state index contributed by atoms with van der Waals surface area (Å²) in [7, 11) is 0. The van der Waals surface area contributed by atoms with Crippen molar-refractivity contribution in [2.45, 2.75) is 18.7 Å². The van der Waals surface area contributed by atoms with Crippen LogP contribution in [0.2, 0.25) is 0 Å². The van der Waals surface area contributed by atoms with Gasteiger partial charge in [-0.15, -0.1) is 11.3 Å². The van der Waals surface area contributed by atoms with Crippen LogP contribution >= 0.6 is 23.1 Å². The molecule has 1 aromatic carbocycles. The van der Waals surface area contributed by atoms with Gasteiger partial charge in [0.25, 0.3) is 5.91 Å². The average molecular weight is 424 g/mol. The quantitative estimate of drug-likeness (QED) is 0.627. The van der Waals surface area contributed by atoms with Gasteiger partial charge in [-0.3, -0.25) is 9.69 Å². The maximum absolute atomic E-state index is 13.6. The highest BCUT2D eigenvalue weighted by molar-refractivity contribution is 7.98. The number of thiophene rings is 1. The zero-order valence-electron chi connectivity index (χ0n) is 16.4. The second kappa shape index (κ2) is 8.38. The number of carbonyl (C=O) groups is 1. The zero-order valence-corrected chi connectivity index (χ0v) is 18.1. The standard InChI is InChI=1S/C23H25N3OS2/c27-22(25-13-11-24(12-14-25)16-18-6-2-1-3-7-18)21-19-8-15-28-17-20(19)29-23(21)26-9-4-5-10-26/h1-7,9-10H,8,11-17H2. The van der Waals surface area contributed by atoms with Gasteiger partial charge in [0.2, 0.25) is 0 Å². The van der Waals surface area contributed by atoms with E-state index in [1.165, 1.54) is 16.0 Å². The molecule has 1 saturated heterocycles. The average Bonchev–Trinajstić information content (AvgIpc) is 3.42. The molecule has 0 saturated carbocycles. The predicted molar refractivity (Wildman–Crippen MR) is 121 cm³/mol. The number of thioether (sulfide) groups is 1. The number of piperazine rings is 1. The third-order valence-electron chi connectivity index (χ3n) is 5.76. The second-order valence-electron chi connectivity index (χ2n) is 7.63. The van der Waals surface area contributed by atoms with Crippen molar-refractivity contribution in [1.29, 1.82) is 0 Å². The van der Waals surface area contributed by atoms with E-state index < -0.39 is 0 Å². The minimum absolute atomic E-state index is 0.220. The fraction of sp³-hybridized carbons (Fsp3) is 0.348. The van der Waals surface area contributed by atoms with Crippen molar-refractivity contribution in [3.8, 4) is 5.00 Å². The molecule has 0 spiro atoms. The SMILES string of the molecule is O=C(c1c(-n2cccc2)sc2c1CCSC2)N1CCN(Cc2ccccc2)CC1. The Morgan fingerprint density at radius 1 is 0.966 bits per heavy atom. The Morgan fingerprint density at radius 2 is 1.72 bits per heavy atom. The zero-order chi connectivity index (χ0) is 19.6. The molecule has 4 heterocycles. The minimum atomic E-state index is 0.220. The summed E-state index contributed by atoms with van der Waals surface area (Å²) in [6.07, 6.45) is 5.12. The number of hydrogen-bond donors (Lipinski definition) is 0. The van der Waals surface area contributed by atoms with E-state index in [0.29, 0.717) is 0 Å². The molecule has 1 fully saturated rings. The van der Waals surface area contributed by atoms with Gasteiger partial charge in [-0.05, 0) is 35.4 Å². The monoisotopic (exact) mass is 423 g/mol. The van der Waals surface area contributed by atoms with Gasteiger partial charge in [-0.2, -0.15) is 11.8 Å². The van der Waals surface area contributed by atoms with Crippen molar-refractivity contribution >= 4 is 29.0 Å². The summed E-state index contributed by atoms with van der Waals surface area (Å²) in [5, 5.41) is 1.10. The summed E-state index contributed by atoms with van der Waals surface area (Å²) in [6.45, 7) is 4.43. The van der Waals surface area contributed by atoms with Crippen molar-refractivity contribution < 1.29 is 4.79 Å². The number of nitrogens with zero attached hydrogens (tertiary/aromatic N) is 3. The molecule has 1 amide bonds. The molecule has 0 N–H and O–H groups in total. The number of aromatic nitrogens is 1. The molecule has 0 atom stereocenters. The highest BCUT2D eigenvalue weighted by Crippen LogP contribution is 2.39. The predicted octanol–water partition coefficient (Wildman–Crippen LogP) is 4.29. The third-order valence-corrected chi connectivity index (χ3v) is 8.18. The van der Waals surface area contributed by atoms with E-state index >= 15 is 0 Å². The van der Waals surface area contributed by atoms with Crippen LogP contribution in [0.15, 0.2) is 54.9 Å². The Labute approximate surface area is 180 Å². The van der Waals surface area contributed by atoms with Crippen LogP contribution in [-0.4, -0.2) is 52.2 Å². The van der Waals surface area contributed by atoms with Gasteiger partial charge >= 0.3 is 0 Å². The highest BCUT2D eigenvalue weighted by Gasteiger charge is 2.30. The summed E-state index contributed by atoms with van der Waals surface area (Å²) in [5.74, 6) is 2.37. The van der Waals surface area contributed by atoms with Gasteiger partial charge in [0, 0.05) is 55.7 Å². The van der Waals surface area contributed by atoms with Gasteiger partial charge in [0.15, 0.2) is 0 Å². The Kier molecular flexibility index (Phi) is 5.48. The molecule has 5 rings (SSSR count). The Bertz CT molecular complexity index is 973. The largest absolute Gasteiger partial charge is 0.336 e. The van der Waals surface area contributed by atoms with E-state index in [4.69, 9.17) is 0 Å². The number of rotatable bonds is 4. The van der Waals surface area contributed by atoms with Crippen molar-refractivity contribution in [1.82, 2.24) is 14.4 Å². The molecule has 150 valence electrons. The lowest BCUT2D eigenvalue weighted by Crippen LogP contribution is -2.48. The van der Waals surface area contributed by atoms with E-state index in [9.17, 15) is 4.79 Å². The lowest BCUT2D eigenvalue weighted by Gasteiger charge is -2.35. The lowest BCUT2D eigenvalue weighted by molar-refractivity contribution is 0.0628. The van der Waals surface area contributed by atoms with Crippen LogP contribution in [0.4, 0.5) is 0 Å². The molecule has 29 heavy (non-hydrogen) atoms. The first-order valence-corrected chi connectivity index (χ1v) is 12.2. The number of fused-ring (bicyclic) bond motifs is 1. The van der Waals surface area contributed by atoms with Gasteiger partial charge in [-0.1, -0.05) is 30.3 Å². The molecule has 0 bridgehead atoms. The Hall–Kier alpha value is -2.02. The molecule has 4 nitrogen and oxygen atoms in total. The van der Waals surface area contributed by atoms with Crippen molar-refractivity contribution in [3.05, 3.63) is 76.4 Å². The van der Waals surface area contributed by atoms with Gasteiger partial charge in [0.05, 0.1) is 5.56 Å². The van der Waals surface area contributed by atoms with E-state index in [2.05, 4.69) is 57.1 Å². The molecular formula is C23H25N3OS2. The van der Waals surface area contributed by atoms with Gasteiger partial charge in [0.1, 0.15) is 5.00 Å². The van der Waals surface area contributed by atoms with Crippen molar-refractivity contribution in [2.75, 3.05) is 31.9 Å². The fourth-order valence-electron chi connectivity index (χ4n) is 4.20. The van der Waals surface area contributed by atoms with Gasteiger partial charge < -0.3 is 9.47 Å². The molecule has 2 aliphatic heterocycles. The molecule has 2 aromatic heterocycles. The third kappa shape index (κ3) is 3.89. The van der Waals surface area contributed by atoms with Crippen LogP contribution in [0.25, 0.3) is 5.00 Å². The van der Waals surface area contributed by atoms with Gasteiger partial charge in [-0.25, -0.2) is 0 Å². The topological polar surface area (TPSA) is 28.5 Å². The van der Waals surface area contributed by atoms with E-state index in [0.717, 1.165) is 61.2 Å². The van der Waals surface area contributed by atoms with E-state index in [-0.39, 0.29) is 5.91 Å². The van der Waals surface area contributed by atoms with Crippen LogP contribution in [0, 0.1) is 0 Å². The normalized spacial score (nSPS) is 17.3. The Balaban J connectivity index is 1.34. The molecule has 2 aliphatic rings. The van der Waals surface area contributed by atoms with Crippen LogP contribution < -0.4 is 0 Å². The van der Waals surface area contributed by atoms with Crippen LogP contribution in [-0.2, 0) is 18.7 Å². The number of hydrogen-bond acceptors (Lipinski definition) is 4. The summed E-state index contributed by atoms with van der Waals surface area (Å²) in [4.78, 5) is 19.5. The van der Waals surface area contributed by atoms with Crippen molar-refractivity contribution in [3.63, 3.8) is 0 Å². The first kappa shape index (κ1) is 19.0. The molecule has 0 radical (unpaired) electrons. The van der Waals surface area contributed by atoms with E-state index in [1.54, 1.807) is 11.3 Å². The number of benzene rings is 1. The number of amides is 1. The van der Waals surface area contributed by atoms with Crippen LogP contribution in [0.5, 0.6) is 0 Å².